The highest BCUT2D eigenvalue weighted by Gasteiger charge is 2.46. The number of thioether (sulfide) groups is 1. The van der Waals surface area contributed by atoms with Crippen LogP contribution in [0.25, 0.3) is 5.57 Å². The number of benzene rings is 1. The van der Waals surface area contributed by atoms with Crippen molar-refractivity contribution in [2.24, 2.45) is 0 Å². The third-order valence-corrected chi connectivity index (χ3v) is 3.71. The van der Waals surface area contributed by atoms with Crippen LogP contribution >= 0.6 is 11.8 Å². The second-order valence-corrected chi connectivity index (χ2v) is 4.76. The molecule has 1 aliphatic rings. The zero-order chi connectivity index (χ0) is 11.2. The lowest BCUT2D eigenvalue weighted by Gasteiger charge is -2.16. The van der Waals surface area contributed by atoms with Crippen molar-refractivity contribution in [1.82, 2.24) is 0 Å². The zero-order valence-electron chi connectivity index (χ0n) is 8.15. The fourth-order valence-corrected chi connectivity index (χ4v) is 2.61. The Morgan fingerprint density at radius 2 is 2.20 bits per heavy atom. The van der Waals surface area contributed by atoms with Crippen molar-refractivity contribution < 1.29 is 15.0 Å². The van der Waals surface area contributed by atoms with Crippen molar-refractivity contribution in [3.05, 3.63) is 35.9 Å². The Morgan fingerprint density at radius 3 is 2.80 bits per heavy atom. The van der Waals surface area contributed by atoms with E-state index in [1.165, 1.54) is 0 Å². The van der Waals surface area contributed by atoms with Crippen molar-refractivity contribution in [1.29, 1.82) is 0 Å². The summed E-state index contributed by atoms with van der Waals surface area (Å²) in [6.07, 6.45) is 0. The summed E-state index contributed by atoms with van der Waals surface area (Å²) in [6, 6.07) is 5.53. The van der Waals surface area contributed by atoms with E-state index in [4.69, 9.17) is 5.11 Å². The van der Waals surface area contributed by atoms with Gasteiger partial charge in [-0.3, -0.25) is 0 Å². The van der Waals surface area contributed by atoms with E-state index in [2.05, 4.69) is 6.58 Å². The Balaban J connectivity index is 2.55. The topological polar surface area (TPSA) is 57.5 Å². The molecule has 0 bridgehead atoms. The summed E-state index contributed by atoms with van der Waals surface area (Å²) in [6.45, 7) is 5.57. The van der Waals surface area contributed by atoms with Gasteiger partial charge < -0.3 is 10.2 Å². The Labute approximate surface area is 91.4 Å². The van der Waals surface area contributed by atoms with Crippen LogP contribution in [0.1, 0.15) is 11.1 Å². The highest BCUT2D eigenvalue weighted by molar-refractivity contribution is 8.02. The number of rotatable bonds is 1. The lowest BCUT2D eigenvalue weighted by Crippen LogP contribution is -2.32. The summed E-state index contributed by atoms with van der Waals surface area (Å²) in [5, 5.41) is 18.9. The van der Waals surface area contributed by atoms with E-state index >= 15 is 0 Å². The second-order valence-electron chi connectivity index (χ2n) is 3.53. The van der Waals surface area contributed by atoms with Crippen LogP contribution in [0.15, 0.2) is 29.7 Å². The molecule has 1 aliphatic heterocycles. The molecule has 1 aromatic carbocycles. The maximum absolute atomic E-state index is 11.0. The van der Waals surface area contributed by atoms with Gasteiger partial charge in [-0.15, -0.1) is 0 Å². The van der Waals surface area contributed by atoms with Gasteiger partial charge in [0.2, 0.25) is 4.93 Å². The number of aliphatic hydroxyl groups is 1. The Morgan fingerprint density at radius 1 is 1.53 bits per heavy atom. The van der Waals surface area contributed by atoms with E-state index < -0.39 is 10.9 Å². The summed E-state index contributed by atoms with van der Waals surface area (Å²) < 4.78 is 0. The molecule has 1 aromatic rings. The largest absolute Gasteiger partial charge is 0.478 e. The van der Waals surface area contributed by atoms with Crippen molar-refractivity contribution in [3.63, 3.8) is 0 Å². The van der Waals surface area contributed by atoms with Crippen LogP contribution < -0.4 is 0 Å². The molecule has 2 rings (SSSR count). The standard InChI is InChI=1S/C11H10O3S/c1-6-3-4-9-8(5-6)7(2)11(14,15-9)10(12)13/h3-5,14H,2H2,1H3,(H,12,13). The molecular weight excluding hydrogens is 212 g/mol. The fourth-order valence-electron chi connectivity index (χ4n) is 1.54. The third-order valence-electron chi connectivity index (χ3n) is 2.42. The van der Waals surface area contributed by atoms with E-state index in [0.717, 1.165) is 27.8 Å². The monoisotopic (exact) mass is 222 g/mol. The first kappa shape index (κ1) is 10.3. The van der Waals surface area contributed by atoms with Crippen LogP contribution in [-0.2, 0) is 4.79 Å². The molecule has 2 N–H and O–H groups in total. The predicted octanol–water partition coefficient (Wildman–Crippen LogP) is 1.89. The van der Waals surface area contributed by atoms with Crippen LogP contribution in [0.4, 0.5) is 0 Å². The van der Waals surface area contributed by atoms with Gasteiger partial charge in [-0.25, -0.2) is 4.79 Å². The van der Waals surface area contributed by atoms with Gasteiger partial charge >= 0.3 is 5.97 Å². The minimum absolute atomic E-state index is 0.249. The predicted molar refractivity (Wildman–Crippen MR) is 58.7 cm³/mol. The highest BCUT2D eigenvalue weighted by atomic mass is 32.2. The first-order chi connectivity index (χ1) is 6.95. The third kappa shape index (κ3) is 1.37. The number of carboxylic acid groups (broad SMARTS) is 1. The maximum Gasteiger partial charge on any atom is 0.351 e. The van der Waals surface area contributed by atoms with Gasteiger partial charge in [0.05, 0.1) is 0 Å². The van der Waals surface area contributed by atoms with Gasteiger partial charge in [-0.2, -0.15) is 0 Å². The second kappa shape index (κ2) is 3.12. The van der Waals surface area contributed by atoms with Crippen LogP contribution in [0.3, 0.4) is 0 Å². The number of carboxylic acids is 1. The normalized spacial score (nSPS) is 24.0. The molecule has 0 amide bonds. The summed E-state index contributed by atoms with van der Waals surface area (Å²) in [7, 11) is 0. The molecule has 0 radical (unpaired) electrons. The minimum atomic E-state index is -1.91. The summed E-state index contributed by atoms with van der Waals surface area (Å²) in [5.74, 6) is -1.27. The first-order valence-electron chi connectivity index (χ1n) is 4.40. The van der Waals surface area contributed by atoms with Gasteiger partial charge in [-0.05, 0) is 18.6 Å². The number of hydrogen-bond acceptors (Lipinski definition) is 3. The van der Waals surface area contributed by atoms with E-state index in [-0.39, 0.29) is 5.57 Å². The first-order valence-corrected chi connectivity index (χ1v) is 5.22. The van der Waals surface area contributed by atoms with Gasteiger partial charge in [0.25, 0.3) is 0 Å². The van der Waals surface area contributed by atoms with Gasteiger partial charge in [-0.1, -0.05) is 36.0 Å². The van der Waals surface area contributed by atoms with Gasteiger partial charge in [0, 0.05) is 10.5 Å². The molecule has 0 aliphatic carbocycles. The number of fused-ring (bicyclic) bond motifs is 1. The van der Waals surface area contributed by atoms with Crippen LogP contribution in [0.2, 0.25) is 0 Å². The van der Waals surface area contributed by atoms with Gasteiger partial charge in [0.1, 0.15) is 0 Å². The molecule has 1 heterocycles. The van der Waals surface area contributed by atoms with E-state index in [9.17, 15) is 9.90 Å². The SMILES string of the molecule is C=C1c2cc(C)ccc2SC1(O)C(=O)O. The maximum atomic E-state index is 11.0. The smallest absolute Gasteiger partial charge is 0.351 e. The molecule has 0 saturated heterocycles. The number of hydrogen-bond donors (Lipinski definition) is 2. The molecule has 0 fully saturated rings. The molecule has 0 aromatic heterocycles. The minimum Gasteiger partial charge on any atom is -0.478 e. The molecule has 3 nitrogen and oxygen atoms in total. The van der Waals surface area contributed by atoms with Gasteiger partial charge in [0.15, 0.2) is 0 Å². The number of carbonyl (C=O) groups is 1. The zero-order valence-corrected chi connectivity index (χ0v) is 8.97. The molecule has 4 heteroatoms. The molecule has 0 spiro atoms. The molecule has 1 unspecified atom stereocenters. The number of aliphatic carboxylic acids is 1. The quantitative estimate of drug-likeness (QED) is 0.761. The van der Waals surface area contributed by atoms with E-state index in [1.54, 1.807) is 6.07 Å². The Kier molecular flexibility index (Phi) is 2.13. The number of aryl methyl sites for hydroxylation is 1. The van der Waals surface area contributed by atoms with Crippen molar-refractivity contribution in [2.45, 2.75) is 16.8 Å². The average molecular weight is 222 g/mol. The summed E-state index contributed by atoms with van der Waals surface area (Å²) in [5.41, 5.74) is 1.99. The summed E-state index contributed by atoms with van der Waals surface area (Å²) in [4.78, 5) is 9.81. The molecule has 0 saturated carbocycles. The van der Waals surface area contributed by atoms with E-state index in [0.29, 0.717) is 0 Å². The highest BCUT2D eigenvalue weighted by Crippen LogP contribution is 2.50. The lowest BCUT2D eigenvalue weighted by atomic mass is 10.0. The summed E-state index contributed by atoms with van der Waals surface area (Å²) >= 11 is 0.920. The molecular formula is C11H10O3S. The van der Waals surface area contributed by atoms with E-state index in [1.807, 2.05) is 19.1 Å². The van der Waals surface area contributed by atoms with Crippen LogP contribution in [-0.4, -0.2) is 21.1 Å². The Hall–Kier alpha value is -1.26. The fraction of sp³-hybridized carbons (Fsp3) is 0.182. The molecule has 1 atom stereocenters. The van der Waals surface area contributed by atoms with Crippen LogP contribution in [0, 0.1) is 6.92 Å². The van der Waals surface area contributed by atoms with Crippen LogP contribution in [0.5, 0.6) is 0 Å². The lowest BCUT2D eigenvalue weighted by molar-refractivity contribution is -0.145. The van der Waals surface area contributed by atoms with Crippen molar-refractivity contribution in [3.8, 4) is 0 Å². The molecule has 78 valence electrons. The van der Waals surface area contributed by atoms with Crippen molar-refractivity contribution in [2.75, 3.05) is 0 Å². The van der Waals surface area contributed by atoms with Crippen molar-refractivity contribution >= 4 is 23.3 Å². The Bertz CT molecular complexity index is 467. The molecule has 15 heavy (non-hydrogen) atoms. The average Bonchev–Trinajstić information content (AvgIpc) is 2.42.